The van der Waals surface area contributed by atoms with Crippen LogP contribution in [0, 0.1) is 11.7 Å². The van der Waals surface area contributed by atoms with E-state index in [1.54, 1.807) is 30.3 Å². The molecule has 0 aliphatic heterocycles. The molecule has 3 aromatic rings. The normalized spacial score (nSPS) is 17.9. The van der Waals surface area contributed by atoms with Gasteiger partial charge in [0.05, 0.1) is 23.7 Å². The van der Waals surface area contributed by atoms with Crippen molar-refractivity contribution in [2.75, 3.05) is 6.61 Å². The van der Waals surface area contributed by atoms with Gasteiger partial charge in [-0.1, -0.05) is 41.9 Å². The van der Waals surface area contributed by atoms with Gasteiger partial charge in [0.25, 0.3) is 0 Å². The highest BCUT2D eigenvalue weighted by atomic mass is 35.5. The van der Waals surface area contributed by atoms with Gasteiger partial charge in [0.1, 0.15) is 23.1 Å². The maximum atomic E-state index is 15.1. The van der Waals surface area contributed by atoms with Crippen LogP contribution >= 0.6 is 11.6 Å². The van der Waals surface area contributed by atoms with Gasteiger partial charge in [-0.05, 0) is 61.6 Å². The summed E-state index contributed by atoms with van der Waals surface area (Å²) in [5.41, 5.74) is -1.64. The van der Waals surface area contributed by atoms with Crippen LogP contribution in [0.25, 0.3) is 0 Å². The molecule has 0 radical (unpaired) electrons. The van der Waals surface area contributed by atoms with Gasteiger partial charge in [0.15, 0.2) is 0 Å². The number of halogens is 9. The number of pyridine rings is 1. The van der Waals surface area contributed by atoms with Crippen molar-refractivity contribution < 1.29 is 59.0 Å². The molecule has 0 bridgehead atoms. The summed E-state index contributed by atoms with van der Waals surface area (Å²) in [4.78, 5) is 42.6. The van der Waals surface area contributed by atoms with E-state index < -0.39 is 78.1 Å². The van der Waals surface area contributed by atoms with Crippen LogP contribution in [0.5, 0.6) is 5.75 Å². The summed E-state index contributed by atoms with van der Waals surface area (Å²) in [6, 6.07) is 9.00. The Bertz CT molecular complexity index is 1700. The Kier molecular flexibility index (Phi) is 12.9. The number of benzene rings is 2. The van der Waals surface area contributed by atoms with E-state index in [9.17, 15) is 45.1 Å². The number of rotatable bonds is 14. The van der Waals surface area contributed by atoms with Crippen molar-refractivity contribution in [3.05, 3.63) is 94.5 Å². The number of carbonyl (C=O) groups excluding carboxylic acids is 3. The monoisotopic (exact) mass is 764 g/mol. The Morgan fingerprint density at radius 1 is 1.00 bits per heavy atom. The molecule has 4 atom stereocenters. The quantitative estimate of drug-likeness (QED) is 0.120. The van der Waals surface area contributed by atoms with Crippen LogP contribution in [0.15, 0.2) is 66.9 Å². The van der Waals surface area contributed by atoms with E-state index in [2.05, 4.69) is 25.1 Å². The van der Waals surface area contributed by atoms with Crippen molar-refractivity contribution in [2.24, 2.45) is 5.92 Å². The Morgan fingerprint density at radius 3 is 2.33 bits per heavy atom. The number of alkyl halides is 7. The molecule has 1 aromatic heterocycles. The third kappa shape index (κ3) is 10.4. The number of esters is 1. The minimum atomic E-state index is -5.00. The standard InChI is InChI=1S/C34H33ClF8N4O5/c1-2-51-28(48)16-27(33(39,40)41)46-29(49)20-8-10-24(12-20)45-31(50)47-32(17-19-6-4-3-5-7-19,26-11-9-22(35)18-44-26)21-13-23(36)15-25(14-21)52-34(42,43)30(37)38/h3-7,9,11,13-15,18,20,24,27,30H,2,8,10,12,16-17H2,1H3,(H,46,49)(H2,45,47,50)/t20-,24+,27?,32-/m0/s1. The summed E-state index contributed by atoms with van der Waals surface area (Å²) < 4.78 is 119. The number of ether oxygens (including phenoxy) is 2. The lowest BCUT2D eigenvalue weighted by atomic mass is 9.80. The summed E-state index contributed by atoms with van der Waals surface area (Å²) in [6.07, 6.45) is -14.2. The molecule has 2 aromatic carbocycles. The summed E-state index contributed by atoms with van der Waals surface area (Å²) in [5, 5.41) is 7.37. The Morgan fingerprint density at radius 2 is 1.71 bits per heavy atom. The molecule has 52 heavy (non-hydrogen) atoms. The van der Waals surface area contributed by atoms with Crippen LogP contribution in [0.4, 0.5) is 39.9 Å². The maximum absolute atomic E-state index is 15.1. The van der Waals surface area contributed by atoms with Gasteiger partial charge < -0.3 is 25.4 Å². The Labute approximate surface area is 297 Å². The van der Waals surface area contributed by atoms with Crippen molar-refractivity contribution in [1.29, 1.82) is 0 Å². The molecule has 3 N–H and O–H groups in total. The number of aromatic nitrogens is 1. The van der Waals surface area contributed by atoms with Crippen molar-refractivity contribution in [2.45, 2.75) is 75.4 Å². The molecule has 1 saturated carbocycles. The SMILES string of the molecule is CCOC(=O)CC(NC(=O)[C@H]1CC[C@@H](NC(=O)N[C@@](Cc2ccccc2)(c2cc(F)cc(OC(F)(F)C(F)F)c2)c2ccc(Cl)cn2)C1)C(F)(F)F. The first kappa shape index (κ1) is 40.1. The highest BCUT2D eigenvalue weighted by Crippen LogP contribution is 2.38. The molecule has 0 saturated heterocycles. The average Bonchev–Trinajstić information content (AvgIpc) is 3.52. The fourth-order valence-corrected chi connectivity index (χ4v) is 5.92. The van der Waals surface area contributed by atoms with Gasteiger partial charge in [0, 0.05) is 30.6 Å². The zero-order valence-corrected chi connectivity index (χ0v) is 28.0. The summed E-state index contributed by atoms with van der Waals surface area (Å²) >= 11 is 6.06. The number of carbonyl (C=O) groups is 3. The van der Waals surface area contributed by atoms with Crippen molar-refractivity contribution in [3.8, 4) is 5.75 Å². The molecule has 0 spiro atoms. The zero-order chi connectivity index (χ0) is 38.3. The molecule has 1 aliphatic carbocycles. The Hall–Kier alpha value is -4.67. The van der Waals surface area contributed by atoms with E-state index in [-0.39, 0.29) is 48.6 Å². The highest BCUT2D eigenvalue weighted by molar-refractivity contribution is 6.30. The van der Waals surface area contributed by atoms with E-state index in [0.29, 0.717) is 11.6 Å². The highest BCUT2D eigenvalue weighted by Gasteiger charge is 2.46. The molecule has 18 heteroatoms. The predicted octanol–water partition coefficient (Wildman–Crippen LogP) is 7.07. The van der Waals surface area contributed by atoms with Crippen molar-refractivity contribution in [3.63, 3.8) is 0 Å². The van der Waals surface area contributed by atoms with E-state index >= 15 is 4.39 Å². The van der Waals surface area contributed by atoms with Gasteiger partial charge in [-0.3, -0.25) is 14.6 Å². The second kappa shape index (κ2) is 16.8. The lowest BCUT2D eigenvalue weighted by molar-refractivity contribution is -0.253. The first-order valence-electron chi connectivity index (χ1n) is 15.8. The summed E-state index contributed by atoms with van der Waals surface area (Å²) in [7, 11) is 0. The second-order valence-electron chi connectivity index (χ2n) is 12.0. The molecule has 1 unspecified atom stereocenters. The smallest absolute Gasteiger partial charge is 0.461 e. The molecule has 3 amide bonds. The number of nitrogens with zero attached hydrogens (tertiary/aromatic N) is 1. The van der Waals surface area contributed by atoms with Gasteiger partial charge in [-0.2, -0.15) is 30.7 Å². The molecule has 4 rings (SSSR count). The van der Waals surface area contributed by atoms with Gasteiger partial charge in [-0.25, -0.2) is 9.18 Å². The van der Waals surface area contributed by atoms with Crippen LogP contribution in [0.1, 0.15) is 49.4 Å². The first-order chi connectivity index (χ1) is 24.4. The summed E-state index contributed by atoms with van der Waals surface area (Å²) in [6.45, 7) is 1.26. The molecule has 282 valence electrons. The minimum absolute atomic E-state index is 0.0107. The van der Waals surface area contributed by atoms with Gasteiger partial charge in [0.2, 0.25) is 5.91 Å². The van der Waals surface area contributed by atoms with Crippen LogP contribution < -0.4 is 20.7 Å². The largest absolute Gasteiger partial charge is 0.466 e. The number of amides is 3. The van der Waals surface area contributed by atoms with E-state index in [1.165, 1.54) is 25.3 Å². The van der Waals surface area contributed by atoms with Crippen LogP contribution in [-0.4, -0.2) is 60.3 Å². The number of hydrogen-bond acceptors (Lipinski definition) is 6. The number of hydrogen-bond donors (Lipinski definition) is 3. The molecular weight excluding hydrogens is 732 g/mol. The molecule has 1 heterocycles. The maximum Gasteiger partial charge on any atom is 0.461 e. The molecule has 1 aliphatic rings. The minimum Gasteiger partial charge on any atom is -0.466 e. The fourth-order valence-electron chi connectivity index (χ4n) is 5.81. The van der Waals surface area contributed by atoms with Crippen LogP contribution in [0.2, 0.25) is 5.02 Å². The van der Waals surface area contributed by atoms with Crippen LogP contribution in [0.3, 0.4) is 0 Å². The molecule has 1 fully saturated rings. The number of nitrogens with one attached hydrogen (secondary N) is 3. The third-order valence-corrected chi connectivity index (χ3v) is 8.43. The van der Waals surface area contributed by atoms with E-state index in [1.807, 2.05) is 5.32 Å². The molecular formula is C34H33ClF8N4O5. The fraction of sp³-hybridized carbons (Fsp3) is 0.412. The van der Waals surface area contributed by atoms with Gasteiger partial charge in [-0.15, -0.1) is 0 Å². The third-order valence-electron chi connectivity index (χ3n) is 8.20. The van der Waals surface area contributed by atoms with E-state index in [4.69, 9.17) is 11.6 Å². The lowest BCUT2D eigenvalue weighted by Gasteiger charge is -2.36. The zero-order valence-electron chi connectivity index (χ0n) is 27.3. The number of urea groups is 1. The first-order valence-corrected chi connectivity index (χ1v) is 16.2. The molecule has 9 nitrogen and oxygen atoms in total. The topological polar surface area (TPSA) is 119 Å². The van der Waals surface area contributed by atoms with Crippen molar-refractivity contribution in [1.82, 2.24) is 20.9 Å². The predicted molar refractivity (Wildman–Crippen MR) is 170 cm³/mol. The average molecular weight is 765 g/mol. The Balaban J connectivity index is 1.64. The lowest BCUT2D eigenvalue weighted by Crippen LogP contribution is -2.54. The second-order valence-corrected chi connectivity index (χ2v) is 12.4. The summed E-state index contributed by atoms with van der Waals surface area (Å²) in [5.74, 6) is -5.30. The van der Waals surface area contributed by atoms with Crippen molar-refractivity contribution >= 4 is 29.5 Å². The van der Waals surface area contributed by atoms with Crippen LogP contribution in [-0.2, 0) is 26.3 Å². The van der Waals surface area contributed by atoms with E-state index in [0.717, 1.165) is 12.1 Å². The van der Waals surface area contributed by atoms with Gasteiger partial charge >= 0.3 is 30.7 Å².